The molecule has 0 fully saturated rings. The molecule has 0 saturated heterocycles. The highest BCUT2D eigenvalue weighted by Crippen LogP contribution is 2.32. The summed E-state index contributed by atoms with van der Waals surface area (Å²) < 4.78 is 35.6. The van der Waals surface area contributed by atoms with E-state index in [4.69, 9.17) is 20.5 Å². The summed E-state index contributed by atoms with van der Waals surface area (Å²) in [4.78, 5) is 12.5. The number of methoxy groups -OCH3 is 1. The Morgan fingerprint density at radius 3 is 2.39 bits per heavy atom. The zero-order valence-corrected chi connectivity index (χ0v) is 19.3. The van der Waals surface area contributed by atoms with Crippen molar-refractivity contribution >= 4 is 39.4 Å². The van der Waals surface area contributed by atoms with Gasteiger partial charge >= 0.3 is 10.1 Å². The summed E-state index contributed by atoms with van der Waals surface area (Å²) in [6.45, 7) is 1.84. The van der Waals surface area contributed by atoms with E-state index in [1.807, 2.05) is 25.1 Å². The van der Waals surface area contributed by atoms with E-state index in [2.05, 4.69) is 5.32 Å². The van der Waals surface area contributed by atoms with Crippen LogP contribution in [0.4, 0.5) is 5.69 Å². The van der Waals surface area contributed by atoms with Crippen molar-refractivity contribution in [1.29, 1.82) is 5.26 Å². The average Bonchev–Trinajstić information content (AvgIpc) is 2.79. The number of benzene rings is 3. The van der Waals surface area contributed by atoms with Crippen molar-refractivity contribution in [3.05, 3.63) is 88.5 Å². The normalized spacial score (nSPS) is 11.4. The standard InChI is InChI=1S/C24H19ClN2O5S/c1-16-5-3-4-6-21(16)27-24(28)18(15-26)13-17-7-12-22(23(14-17)31-2)32-33(29,30)20-10-8-19(25)9-11-20/h3-14H,1-2H3,(H,27,28)/b18-13+. The molecule has 0 radical (unpaired) electrons. The summed E-state index contributed by atoms with van der Waals surface area (Å²) in [6, 6.07) is 19.0. The minimum atomic E-state index is -4.13. The van der Waals surface area contributed by atoms with E-state index >= 15 is 0 Å². The van der Waals surface area contributed by atoms with Crippen molar-refractivity contribution < 1.29 is 22.1 Å². The SMILES string of the molecule is COc1cc(/C=C(\C#N)C(=O)Nc2ccccc2C)ccc1OS(=O)(=O)c1ccc(Cl)cc1. The molecule has 0 heterocycles. The van der Waals surface area contributed by atoms with Gasteiger partial charge in [-0.05, 0) is 66.6 Å². The molecule has 33 heavy (non-hydrogen) atoms. The van der Waals surface area contributed by atoms with E-state index in [1.54, 1.807) is 12.1 Å². The maximum atomic E-state index is 12.6. The fraction of sp³-hybridized carbons (Fsp3) is 0.0833. The van der Waals surface area contributed by atoms with Gasteiger partial charge in [0.25, 0.3) is 5.91 Å². The molecular weight excluding hydrogens is 464 g/mol. The molecule has 7 nitrogen and oxygen atoms in total. The first kappa shape index (κ1) is 23.9. The summed E-state index contributed by atoms with van der Waals surface area (Å²) in [5.41, 5.74) is 1.76. The van der Waals surface area contributed by atoms with Crippen LogP contribution in [0.1, 0.15) is 11.1 Å². The van der Waals surface area contributed by atoms with Gasteiger partial charge in [-0.3, -0.25) is 4.79 Å². The smallest absolute Gasteiger partial charge is 0.339 e. The Bertz CT molecular complexity index is 1360. The second-order valence-corrected chi connectivity index (χ2v) is 8.82. The number of hydrogen-bond acceptors (Lipinski definition) is 6. The van der Waals surface area contributed by atoms with Gasteiger partial charge in [0.1, 0.15) is 16.5 Å². The van der Waals surface area contributed by atoms with Crippen LogP contribution < -0.4 is 14.2 Å². The summed E-state index contributed by atoms with van der Waals surface area (Å²) in [7, 11) is -2.78. The minimum Gasteiger partial charge on any atom is -0.493 e. The van der Waals surface area contributed by atoms with Gasteiger partial charge in [0.05, 0.1) is 7.11 Å². The number of halogens is 1. The molecule has 3 rings (SSSR count). The molecule has 3 aromatic carbocycles. The molecule has 0 aliphatic heterocycles. The van der Waals surface area contributed by atoms with Gasteiger partial charge in [-0.15, -0.1) is 0 Å². The lowest BCUT2D eigenvalue weighted by Gasteiger charge is -2.12. The summed E-state index contributed by atoms with van der Waals surface area (Å²) in [5.74, 6) is -0.512. The molecule has 1 amide bonds. The third kappa shape index (κ3) is 5.92. The van der Waals surface area contributed by atoms with Crippen LogP contribution in [0.3, 0.4) is 0 Å². The monoisotopic (exact) mass is 482 g/mol. The quantitative estimate of drug-likeness (QED) is 0.289. The summed E-state index contributed by atoms with van der Waals surface area (Å²) in [5, 5.41) is 12.6. The van der Waals surface area contributed by atoms with Crippen LogP contribution in [-0.2, 0) is 14.9 Å². The van der Waals surface area contributed by atoms with Gasteiger partial charge < -0.3 is 14.2 Å². The lowest BCUT2D eigenvalue weighted by Crippen LogP contribution is -2.14. The van der Waals surface area contributed by atoms with Crippen molar-refractivity contribution in [3.8, 4) is 17.6 Å². The van der Waals surface area contributed by atoms with Gasteiger partial charge in [0, 0.05) is 10.7 Å². The van der Waals surface area contributed by atoms with E-state index in [0.717, 1.165) is 5.56 Å². The van der Waals surface area contributed by atoms with Crippen molar-refractivity contribution in [2.24, 2.45) is 0 Å². The molecule has 0 unspecified atom stereocenters. The maximum absolute atomic E-state index is 12.6. The van der Waals surface area contributed by atoms with Crippen molar-refractivity contribution in [1.82, 2.24) is 0 Å². The molecule has 0 spiro atoms. The highest BCUT2D eigenvalue weighted by molar-refractivity contribution is 7.87. The number of nitrogens with one attached hydrogen (secondary N) is 1. The number of nitriles is 1. The number of rotatable bonds is 7. The van der Waals surface area contributed by atoms with Gasteiger partial charge in [0.15, 0.2) is 11.5 Å². The third-order valence-corrected chi connectivity index (χ3v) is 6.06. The highest BCUT2D eigenvalue weighted by atomic mass is 35.5. The first-order valence-electron chi connectivity index (χ1n) is 9.60. The van der Waals surface area contributed by atoms with E-state index in [0.29, 0.717) is 16.3 Å². The fourth-order valence-electron chi connectivity index (χ4n) is 2.83. The molecule has 1 N–H and O–H groups in total. The Balaban J connectivity index is 1.85. The van der Waals surface area contributed by atoms with Gasteiger partial charge in [-0.1, -0.05) is 35.9 Å². The molecule has 0 atom stereocenters. The second-order valence-electron chi connectivity index (χ2n) is 6.84. The van der Waals surface area contributed by atoms with Crippen LogP contribution in [0, 0.1) is 18.3 Å². The Labute approximate surface area is 197 Å². The lowest BCUT2D eigenvalue weighted by atomic mass is 10.1. The number of para-hydroxylation sites is 1. The van der Waals surface area contributed by atoms with E-state index in [1.165, 1.54) is 55.7 Å². The Morgan fingerprint density at radius 1 is 1.06 bits per heavy atom. The number of ether oxygens (including phenoxy) is 1. The van der Waals surface area contributed by atoms with Gasteiger partial charge in [-0.2, -0.15) is 13.7 Å². The number of amides is 1. The van der Waals surface area contributed by atoms with E-state index in [9.17, 15) is 18.5 Å². The molecule has 0 aliphatic carbocycles. The van der Waals surface area contributed by atoms with Gasteiger partial charge in [0.2, 0.25) is 0 Å². The summed E-state index contributed by atoms with van der Waals surface area (Å²) >= 11 is 5.80. The van der Waals surface area contributed by atoms with Crippen molar-refractivity contribution in [2.45, 2.75) is 11.8 Å². The fourth-order valence-corrected chi connectivity index (χ4v) is 3.89. The van der Waals surface area contributed by atoms with Crippen molar-refractivity contribution in [2.75, 3.05) is 12.4 Å². The number of carbonyl (C=O) groups is 1. The van der Waals surface area contributed by atoms with Crippen LogP contribution in [0.15, 0.2) is 77.2 Å². The third-order valence-electron chi connectivity index (χ3n) is 4.56. The predicted octanol–water partition coefficient (Wildman–Crippen LogP) is 4.97. The van der Waals surface area contributed by atoms with Crippen LogP contribution in [-0.4, -0.2) is 21.4 Å². The zero-order valence-electron chi connectivity index (χ0n) is 17.7. The average molecular weight is 483 g/mol. The second kappa shape index (κ2) is 10.2. The maximum Gasteiger partial charge on any atom is 0.339 e. The molecule has 3 aromatic rings. The first-order chi connectivity index (χ1) is 15.7. The highest BCUT2D eigenvalue weighted by Gasteiger charge is 2.19. The summed E-state index contributed by atoms with van der Waals surface area (Å²) in [6.07, 6.45) is 1.37. The van der Waals surface area contributed by atoms with E-state index in [-0.39, 0.29) is 22.0 Å². The van der Waals surface area contributed by atoms with Crippen LogP contribution in [0.25, 0.3) is 6.08 Å². The lowest BCUT2D eigenvalue weighted by molar-refractivity contribution is -0.112. The molecule has 168 valence electrons. The number of carbonyl (C=O) groups excluding carboxylic acids is 1. The first-order valence-corrected chi connectivity index (χ1v) is 11.4. The number of nitrogens with zero attached hydrogens (tertiary/aromatic N) is 1. The van der Waals surface area contributed by atoms with Crippen LogP contribution in [0.5, 0.6) is 11.5 Å². The van der Waals surface area contributed by atoms with Crippen LogP contribution in [0.2, 0.25) is 5.02 Å². The zero-order chi connectivity index (χ0) is 24.0. The Kier molecular flexibility index (Phi) is 7.38. The van der Waals surface area contributed by atoms with Crippen LogP contribution >= 0.6 is 11.6 Å². The molecule has 0 aliphatic rings. The van der Waals surface area contributed by atoms with Gasteiger partial charge in [-0.25, -0.2) is 0 Å². The van der Waals surface area contributed by atoms with E-state index < -0.39 is 16.0 Å². The predicted molar refractivity (Wildman–Crippen MR) is 126 cm³/mol. The molecule has 9 heteroatoms. The Morgan fingerprint density at radius 2 is 1.76 bits per heavy atom. The largest absolute Gasteiger partial charge is 0.493 e. The Hall–Kier alpha value is -3.80. The van der Waals surface area contributed by atoms with Crippen molar-refractivity contribution in [3.63, 3.8) is 0 Å². The molecule has 0 aromatic heterocycles. The molecule has 0 bridgehead atoms. The minimum absolute atomic E-state index is 0.0486. The molecular formula is C24H19ClN2O5S. The number of aryl methyl sites for hydroxylation is 1. The number of hydrogen-bond donors (Lipinski definition) is 1. The molecule has 0 saturated carbocycles. The topological polar surface area (TPSA) is 105 Å². The number of anilines is 1.